The van der Waals surface area contributed by atoms with Gasteiger partial charge in [-0.05, 0) is 25.1 Å². The van der Waals surface area contributed by atoms with Gasteiger partial charge in [-0.15, -0.1) is 0 Å². The molecule has 3 N–H and O–H groups in total. The van der Waals surface area contributed by atoms with Gasteiger partial charge >= 0.3 is 0 Å². The van der Waals surface area contributed by atoms with Crippen LogP contribution in [0.4, 0.5) is 0 Å². The lowest BCUT2D eigenvalue weighted by Crippen LogP contribution is -1.80. The van der Waals surface area contributed by atoms with Gasteiger partial charge in [-0.25, -0.2) is 4.98 Å². The molecular formula is C18H13N5O. The number of imidazole rings is 1. The predicted molar refractivity (Wildman–Crippen MR) is 90.2 cm³/mol. The second-order valence-corrected chi connectivity index (χ2v) is 5.59. The molecule has 0 amide bonds. The molecule has 0 aliphatic carbocycles. The van der Waals surface area contributed by atoms with Crippen LogP contribution in [0.3, 0.4) is 0 Å². The Morgan fingerprint density at radius 3 is 2.67 bits per heavy atom. The van der Waals surface area contributed by atoms with E-state index in [-0.39, 0.29) is 5.75 Å². The number of benzene rings is 2. The first kappa shape index (κ1) is 14.0. The van der Waals surface area contributed by atoms with E-state index in [9.17, 15) is 5.11 Å². The second-order valence-electron chi connectivity index (χ2n) is 5.59. The summed E-state index contributed by atoms with van der Waals surface area (Å²) in [6, 6.07) is 15.0. The zero-order valence-electron chi connectivity index (χ0n) is 12.8. The number of nitrogens with zero attached hydrogens (tertiary/aromatic N) is 3. The highest BCUT2D eigenvalue weighted by molar-refractivity contribution is 5.83. The SMILES string of the molecule is Cc1ccc(-c2n[nH]c(-c3nc4ccc(C#N)cc4[nH]3)c2O)cc1. The average molecular weight is 315 g/mol. The number of fused-ring (bicyclic) bond motifs is 1. The molecule has 0 bridgehead atoms. The van der Waals surface area contributed by atoms with Crippen molar-refractivity contribution in [1.29, 1.82) is 5.26 Å². The van der Waals surface area contributed by atoms with Crippen LogP contribution in [0.15, 0.2) is 42.5 Å². The first-order chi connectivity index (χ1) is 11.7. The molecule has 0 unspecified atom stereocenters. The Balaban J connectivity index is 1.80. The maximum Gasteiger partial charge on any atom is 0.172 e. The molecule has 0 saturated heterocycles. The van der Waals surface area contributed by atoms with Crippen LogP contribution in [0.2, 0.25) is 0 Å². The predicted octanol–water partition coefficient (Wildman–Crippen LogP) is 3.51. The summed E-state index contributed by atoms with van der Waals surface area (Å²) < 4.78 is 0. The molecule has 0 spiro atoms. The number of hydrogen-bond acceptors (Lipinski definition) is 4. The first-order valence-electron chi connectivity index (χ1n) is 7.40. The van der Waals surface area contributed by atoms with Gasteiger partial charge in [-0.3, -0.25) is 5.10 Å². The van der Waals surface area contributed by atoms with E-state index in [0.717, 1.165) is 22.2 Å². The van der Waals surface area contributed by atoms with Crippen LogP contribution in [-0.4, -0.2) is 25.3 Å². The normalized spacial score (nSPS) is 10.8. The van der Waals surface area contributed by atoms with Crippen LogP contribution < -0.4 is 0 Å². The number of nitriles is 1. The Kier molecular flexibility index (Phi) is 3.07. The highest BCUT2D eigenvalue weighted by Gasteiger charge is 2.18. The molecule has 6 nitrogen and oxygen atoms in total. The van der Waals surface area contributed by atoms with Gasteiger partial charge in [0.15, 0.2) is 11.6 Å². The number of aromatic amines is 2. The van der Waals surface area contributed by atoms with Gasteiger partial charge in [0.25, 0.3) is 0 Å². The largest absolute Gasteiger partial charge is 0.504 e. The molecule has 116 valence electrons. The monoisotopic (exact) mass is 315 g/mol. The molecule has 0 saturated carbocycles. The van der Waals surface area contributed by atoms with Crippen molar-refractivity contribution in [2.24, 2.45) is 0 Å². The molecule has 0 atom stereocenters. The molecule has 2 aromatic heterocycles. The molecule has 0 aliphatic heterocycles. The number of hydrogen-bond donors (Lipinski definition) is 3. The fourth-order valence-electron chi connectivity index (χ4n) is 2.61. The Bertz CT molecular complexity index is 1080. The molecule has 4 rings (SSSR count). The maximum atomic E-state index is 10.5. The summed E-state index contributed by atoms with van der Waals surface area (Å²) >= 11 is 0. The van der Waals surface area contributed by atoms with Gasteiger partial charge in [-0.2, -0.15) is 10.4 Å². The van der Waals surface area contributed by atoms with Crippen LogP contribution >= 0.6 is 0 Å². The van der Waals surface area contributed by atoms with Gasteiger partial charge in [0.2, 0.25) is 0 Å². The number of aromatic hydroxyl groups is 1. The smallest absolute Gasteiger partial charge is 0.172 e. The van der Waals surface area contributed by atoms with E-state index in [2.05, 4.69) is 26.2 Å². The lowest BCUT2D eigenvalue weighted by molar-refractivity contribution is 0.479. The van der Waals surface area contributed by atoms with Gasteiger partial charge in [0, 0.05) is 5.56 Å². The first-order valence-corrected chi connectivity index (χ1v) is 7.40. The fourth-order valence-corrected chi connectivity index (χ4v) is 2.61. The number of aryl methyl sites for hydroxylation is 1. The summed E-state index contributed by atoms with van der Waals surface area (Å²) in [5.41, 5.74) is 4.85. The van der Waals surface area contributed by atoms with Crippen molar-refractivity contribution < 1.29 is 5.11 Å². The zero-order chi connectivity index (χ0) is 16.7. The fraction of sp³-hybridized carbons (Fsp3) is 0.0556. The zero-order valence-corrected chi connectivity index (χ0v) is 12.8. The molecule has 0 radical (unpaired) electrons. The summed E-state index contributed by atoms with van der Waals surface area (Å²) in [5.74, 6) is 0.516. The number of rotatable bonds is 2. The van der Waals surface area contributed by atoms with E-state index in [0.29, 0.717) is 22.8 Å². The number of H-pyrrole nitrogens is 2. The van der Waals surface area contributed by atoms with Crippen LogP contribution in [0.25, 0.3) is 33.8 Å². The maximum absolute atomic E-state index is 10.5. The number of aromatic nitrogens is 4. The molecule has 6 heteroatoms. The van der Waals surface area contributed by atoms with E-state index < -0.39 is 0 Å². The summed E-state index contributed by atoms with van der Waals surface area (Å²) in [4.78, 5) is 7.55. The molecular weight excluding hydrogens is 302 g/mol. The van der Waals surface area contributed by atoms with Gasteiger partial charge in [0.1, 0.15) is 11.4 Å². The third kappa shape index (κ3) is 2.20. The minimum absolute atomic E-state index is 0.0402. The molecule has 0 fully saturated rings. The summed E-state index contributed by atoms with van der Waals surface area (Å²) in [7, 11) is 0. The van der Waals surface area contributed by atoms with Gasteiger partial charge in [-0.1, -0.05) is 29.8 Å². The van der Waals surface area contributed by atoms with Crippen molar-refractivity contribution in [3.8, 4) is 34.6 Å². The second kappa shape index (κ2) is 5.25. The quantitative estimate of drug-likeness (QED) is 0.527. The van der Waals surface area contributed by atoms with Crippen LogP contribution in [0.1, 0.15) is 11.1 Å². The van der Waals surface area contributed by atoms with E-state index in [1.807, 2.05) is 31.2 Å². The highest BCUT2D eigenvalue weighted by Crippen LogP contribution is 2.35. The van der Waals surface area contributed by atoms with E-state index in [4.69, 9.17) is 5.26 Å². The average Bonchev–Trinajstić information content (AvgIpc) is 3.18. The molecule has 2 aromatic carbocycles. The van der Waals surface area contributed by atoms with Crippen molar-refractivity contribution >= 4 is 11.0 Å². The topological polar surface area (TPSA) is 101 Å². The minimum atomic E-state index is 0.0402. The Morgan fingerprint density at radius 2 is 1.92 bits per heavy atom. The van der Waals surface area contributed by atoms with Crippen molar-refractivity contribution in [3.63, 3.8) is 0 Å². The van der Waals surface area contributed by atoms with Crippen molar-refractivity contribution in [3.05, 3.63) is 53.6 Å². The van der Waals surface area contributed by atoms with Crippen molar-refractivity contribution in [1.82, 2.24) is 20.2 Å². The summed E-state index contributed by atoms with van der Waals surface area (Å²) in [6.07, 6.45) is 0. The van der Waals surface area contributed by atoms with E-state index in [1.54, 1.807) is 18.2 Å². The van der Waals surface area contributed by atoms with Crippen molar-refractivity contribution in [2.75, 3.05) is 0 Å². The molecule has 0 aliphatic rings. The van der Waals surface area contributed by atoms with E-state index in [1.165, 1.54) is 0 Å². The van der Waals surface area contributed by atoms with Crippen LogP contribution in [0.5, 0.6) is 5.75 Å². The molecule has 2 heterocycles. The molecule has 4 aromatic rings. The van der Waals surface area contributed by atoms with Crippen LogP contribution in [0, 0.1) is 18.3 Å². The lowest BCUT2D eigenvalue weighted by Gasteiger charge is -1.99. The third-order valence-electron chi connectivity index (χ3n) is 3.91. The summed E-state index contributed by atoms with van der Waals surface area (Å²) in [6.45, 7) is 2.00. The molecule has 24 heavy (non-hydrogen) atoms. The minimum Gasteiger partial charge on any atom is -0.504 e. The summed E-state index contributed by atoms with van der Waals surface area (Å²) in [5, 5.41) is 26.5. The Hall–Kier alpha value is -3.59. The highest BCUT2D eigenvalue weighted by atomic mass is 16.3. The number of nitrogens with one attached hydrogen (secondary N) is 2. The third-order valence-corrected chi connectivity index (χ3v) is 3.91. The van der Waals surface area contributed by atoms with Gasteiger partial charge in [0.05, 0.1) is 22.7 Å². The Morgan fingerprint density at radius 1 is 1.12 bits per heavy atom. The van der Waals surface area contributed by atoms with Gasteiger partial charge < -0.3 is 10.1 Å². The van der Waals surface area contributed by atoms with E-state index >= 15 is 0 Å². The Labute approximate surface area is 137 Å². The standard InChI is InChI=1S/C18H13N5O/c1-10-2-5-12(6-3-10)15-17(24)16(23-22-15)18-20-13-7-4-11(9-19)8-14(13)21-18/h2-8,24H,1H3,(H,20,21)(H,22,23). The lowest BCUT2D eigenvalue weighted by atomic mass is 10.1. The van der Waals surface area contributed by atoms with Crippen molar-refractivity contribution in [2.45, 2.75) is 6.92 Å². The van der Waals surface area contributed by atoms with Crippen LogP contribution in [-0.2, 0) is 0 Å².